The first-order valence-corrected chi connectivity index (χ1v) is 8.75. The van der Waals surface area contributed by atoms with Gasteiger partial charge in [-0.3, -0.25) is 4.52 Å². The van der Waals surface area contributed by atoms with Crippen molar-refractivity contribution in [3.63, 3.8) is 0 Å². The van der Waals surface area contributed by atoms with Gasteiger partial charge in [0.1, 0.15) is 0 Å². The molecule has 2 aromatic carbocycles. The molecule has 1 atom stereocenters. The maximum atomic E-state index is 13.1. The predicted octanol–water partition coefficient (Wildman–Crippen LogP) is 4.37. The molecule has 0 fully saturated rings. The average Bonchev–Trinajstić information content (AvgIpc) is 2.54. The topological polar surface area (TPSA) is 47.6 Å². The quantitative estimate of drug-likeness (QED) is 0.851. The molecule has 1 N–H and O–H groups in total. The van der Waals surface area contributed by atoms with Gasteiger partial charge >= 0.3 is 7.60 Å². The molecule has 1 aliphatic rings. The molecule has 3 rings (SSSR count). The van der Waals surface area contributed by atoms with Crippen LogP contribution in [-0.2, 0) is 13.6 Å². The number of anilines is 1. The minimum atomic E-state index is -3.35. The summed E-state index contributed by atoms with van der Waals surface area (Å²) in [7, 11) is -3.35. The van der Waals surface area contributed by atoms with Gasteiger partial charge < -0.3 is 9.84 Å². The lowest BCUT2D eigenvalue weighted by atomic mass is 10.1. The summed E-state index contributed by atoms with van der Waals surface area (Å²) >= 11 is 0. The molecular formula is C17H18NO3P. The second kappa shape index (κ2) is 5.99. The number of hydrogen-bond donors (Lipinski definition) is 1. The molecule has 22 heavy (non-hydrogen) atoms. The first kappa shape index (κ1) is 14.9. The lowest BCUT2D eigenvalue weighted by Crippen LogP contribution is -2.22. The van der Waals surface area contributed by atoms with Crippen molar-refractivity contribution in [1.82, 2.24) is 0 Å². The first-order chi connectivity index (χ1) is 10.6. The molecule has 0 amide bonds. The van der Waals surface area contributed by atoms with Crippen molar-refractivity contribution in [2.45, 2.75) is 13.8 Å². The minimum absolute atomic E-state index is 0.323. The monoisotopic (exact) mass is 315 g/mol. The van der Waals surface area contributed by atoms with E-state index in [1.807, 2.05) is 55.5 Å². The fraction of sp³-hybridized carbons (Fsp3) is 0.176. The smallest absolute Gasteiger partial charge is 0.404 e. The van der Waals surface area contributed by atoms with Gasteiger partial charge in [0.05, 0.1) is 11.9 Å². The van der Waals surface area contributed by atoms with Gasteiger partial charge in [-0.05, 0) is 37.6 Å². The Hall–Kier alpha value is -2.03. The third kappa shape index (κ3) is 2.68. The molecular weight excluding hydrogens is 297 g/mol. The molecule has 1 aliphatic heterocycles. The summed E-state index contributed by atoms with van der Waals surface area (Å²) in [6.45, 7) is 4.07. The van der Waals surface area contributed by atoms with Crippen LogP contribution in [0.4, 0.5) is 5.69 Å². The van der Waals surface area contributed by atoms with Crippen LogP contribution in [0.1, 0.15) is 19.4 Å². The molecule has 114 valence electrons. The average molecular weight is 315 g/mol. The van der Waals surface area contributed by atoms with Gasteiger partial charge in [-0.1, -0.05) is 36.4 Å². The normalized spacial score (nSPS) is 20.3. The fourth-order valence-electron chi connectivity index (χ4n) is 2.42. The zero-order valence-corrected chi connectivity index (χ0v) is 13.5. The maximum Gasteiger partial charge on any atom is 0.412 e. The van der Waals surface area contributed by atoms with E-state index in [2.05, 4.69) is 5.32 Å². The second-order valence-corrected chi connectivity index (χ2v) is 6.89. The van der Waals surface area contributed by atoms with Crippen LogP contribution in [0.5, 0.6) is 0 Å². The van der Waals surface area contributed by atoms with Gasteiger partial charge in [0.15, 0.2) is 0 Å². The molecule has 0 aromatic heterocycles. The number of para-hydroxylation sites is 1. The van der Waals surface area contributed by atoms with Crippen LogP contribution in [0.2, 0.25) is 0 Å². The Morgan fingerprint density at radius 1 is 1.09 bits per heavy atom. The van der Waals surface area contributed by atoms with Crippen LogP contribution < -0.4 is 10.6 Å². The van der Waals surface area contributed by atoms with Crippen LogP contribution >= 0.6 is 7.60 Å². The molecule has 2 aromatic rings. The minimum Gasteiger partial charge on any atom is -0.404 e. The van der Waals surface area contributed by atoms with Crippen LogP contribution in [-0.4, -0.2) is 6.61 Å². The summed E-state index contributed by atoms with van der Waals surface area (Å²) in [5.74, 6) is 0.474. The standard InChI is InChI=1S/C17H18NO3P/c1-3-20-22(19)16-12-8-7-11-15(16)13(2)17(21-22)18-14-9-5-4-6-10-14/h4-12,18H,3H2,1-2H3. The zero-order chi connectivity index (χ0) is 15.6. The summed E-state index contributed by atoms with van der Waals surface area (Å²) in [6, 6.07) is 17.1. The summed E-state index contributed by atoms with van der Waals surface area (Å²) in [5.41, 5.74) is 2.67. The van der Waals surface area contributed by atoms with E-state index in [0.29, 0.717) is 17.8 Å². The van der Waals surface area contributed by atoms with E-state index in [0.717, 1.165) is 16.8 Å². The van der Waals surface area contributed by atoms with E-state index in [9.17, 15) is 4.57 Å². The summed E-state index contributed by atoms with van der Waals surface area (Å²) < 4.78 is 24.3. The van der Waals surface area contributed by atoms with E-state index in [1.54, 1.807) is 13.0 Å². The van der Waals surface area contributed by atoms with Crippen LogP contribution in [0.25, 0.3) is 5.57 Å². The number of nitrogens with one attached hydrogen (secondary N) is 1. The zero-order valence-electron chi connectivity index (χ0n) is 12.6. The molecule has 0 aliphatic carbocycles. The predicted molar refractivity (Wildman–Crippen MR) is 89.1 cm³/mol. The molecule has 0 radical (unpaired) electrons. The highest BCUT2D eigenvalue weighted by atomic mass is 31.2. The van der Waals surface area contributed by atoms with E-state index >= 15 is 0 Å². The number of fused-ring (bicyclic) bond motifs is 1. The van der Waals surface area contributed by atoms with Crippen molar-refractivity contribution in [2.24, 2.45) is 0 Å². The van der Waals surface area contributed by atoms with Gasteiger partial charge in [0, 0.05) is 11.3 Å². The van der Waals surface area contributed by atoms with Crippen LogP contribution in [0.15, 0.2) is 60.5 Å². The molecule has 0 bridgehead atoms. The molecule has 1 heterocycles. The van der Waals surface area contributed by atoms with E-state index in [4.69, 9.17) is 9.05 Å². The van der Waals surface area contributed by atoms with Gasteiger partial charge in [0.2, 0.25) is 5.88 Å². The Balaban J connectivity index is 2.06. The number of hydrogen-bond acceptors (Lipinski definition) is 4. The summed E-state index contributed by atoms with van der Waals surface area (Å²) in [6.07, 6.45) is 0. The lowest BCUT2D eigenvalue weighted by molar-refractivity contribution is 0.260. The van der Waals surface area contributed by atoms with Gasteiger partial charge in [-0.15, -0.1) is 0 Å². The van der Waals surface area contributed by atoms with E-state index in [-0.39, 0.29) is 0 Å². The number of allylic oxidation sites excluding steroid dienone is 1. The fourth-order valence-corrected chi connectivity index (χ4v) is 4.28. The Morgan fingerprint density at radius 3 is 2.50 bits per heavy atom. The highest BCUT2D eigenvalue weighted by Crippen LogP contribution is 2.54. The Bertz CT molecular complexity index is 756. The van der Waals surface area contributed by atoms with Gasteiger partial charge in [0.25, 0.3) is 0 Å². The molecule has 0 spiro atoms. The van der Waals surface area contributed by atoms with Crippen molar-refractivity contribution in [3.05, 3.63) is 66.0 Å². The van der Waals surface area contributed by atoms with Gasteiger partial charge in [-0.25, -0.2) is 4.57 Å². The Morgan fingerprint density at radius 2 is 1.77 bits per heavy atom. The Kier molecular flexibility index (Phi) is 4.06. The SMILES string of the molecule is CCOP1(=O)OC(Nc2ccccc2)=C(C)c2ccccc21. The number of rotatable bonds is 4. The highest BCUT2D eigenvalue weighted by Gasteiger charge is 2.37. The van der Waals surface area contributed by atoms with E-state index < -0.39 is 7.60 Å². The third-order valence-electron chi connectivity index (χ3n) is 3.49. The molecule has 4 nitrogen and oxygen atoms in total. The third-order valence-corrected chi connectivity index (χ3v) is 5.49. The van der Waals surface area contributed by atoms with Crippen LogP contribution in [0.3, 0.4) is 0 Å². The summed E-state index contributed by atoms with van der Waals surface area (Å²) in [5, 5.41) is 3.81. The molecule has 5 heteroatoms. The maximum absolute atomic E-state index is 13.1. The molecule has 0 saturated carbocycles. The van der Waals surface area contributed by atoms with Crippen molar-refractivity contribution in [3.8, 4) is 0 Å². The van der Waals surface area contributed by atoms with E-state index in [1.165, 1.54) is 0 Å². The molecule has 0 saturated heterocycles. The van der Waals surface area contributed by atoms with Crippen molar-refractivity contribution in [2.75, 3.05) is 11.9 Å². The van der Waals surface area contributed by atoms with Crippen molar-refractivity contribution in [1.29, 1.82) is 0 Å². The Labute approximate surface area is 130 Å². The van der Waals surface area contributed by atoms with Crippen LogP contribution in [0, 0.1) is 0 Å². The lowest BCUT2D eigenvalue weighted by Gasteiger charge is -2.29. The highest BCUT2D eigenvalue weighted by molar-refractivity contribution is 7.62. The second-order valence-electron chi connectivity index (χ2n) is 4.97. The van der Waals surface area contributed by atoms with Gasteiger partial charge in [-0.2, -0.15) is 0 Å². The van der Waals surface area contributed by atoms with Crippen molar-refractivity contribution < 1.29 is 13.6 Å². The first-order valence-electron chi connectivity index (χ1n) is 7.21. The number of benzene rings is 2. The largest absolute Gasteiger partial charge is 0.412 e. The molecule has 1 unspecified atom stereocenters. The van der Waals surface area contributed by atoms with Crippen molar-refractivity contribution >= 4 is 24.2 Å². The summed E-state index contributed by atoms with van der Waals surface area (Å²) in [4.78, 5) is 0.